The minimum atomic E-state index is 0.977. The van der Waals surface area contributed by atoms with E-state index in [1.165, 1.54) is 17.5 Å². The van der Waals surface area contributed by atoms with Crippen LogP contribution in [0.4, 0.5) is 5.69 Å². The lowest BCUT2D eigenvalue weighted by Crippen LogP contribution is -2.17. The van der Waals surface area contributed by atoms with E-state index in [2.05, 4.69) is 15.4 Å². The molecule has 0 aromatic carbocycles. The molecule has 0 unspecified atom stereocenters. The van der Waals surface area contributed by atoms with Crippen LogP contribution in [-0.2, 0) is 0 Å². The predicted molar refractivity (Wildman–Crippen MR) is 51.7 cm³/mol. The number of aryl methyl sites for hydroxylation is 1. The zero-order chi connectivity index (χ0) is 8.55. The Bertz CT molecular complexity index is 335. The SMILES string of the molecule is Cc1cnc2c(c1)N(C)C=NS2. The second-order valence-corrected chi connectivity index (χ2v) is 3.54. The smallest absolute Gasteiger partial charge is 0.142 e. The Hall–Kier alpha value is -1.03. The molecule has 3 nitrogen and oxygen atoms in total. The molecular weight excluding hydrogens is 170 g/mol. The van der Waals surface area contributed by atoms with E-state index < -0.39 is 0 Å². The van der Waals surface area contributed by atoms with Crippen molar-refractivity contribution in [1.29, 1.82) is 0 Å². The Morgan fingerprint density at radius 2 is 2.33 bits per heavy atom. The maximum Gasteiger partial charge on any atom is 0.142 e. The fourth-order valence-corrected chi connectivity index (χ4v) is 1.76. The molecule has 0 spiro atoms. The fraction of sp³-hybridized carbons (Fsp3) is 0.250. The van der Waals surface area contributed by atoms with Gasteiger partial charge in [-0.2, -0.15) is 4.40 Å². The Morgan fingerprint density at radius 3 is 3.17 bits per heavy atom. The highest BCUT2D eigenvalue weighted by Crippen LogP contribution is 2.31. The maximum absolute atomic E-state index is 4.28. The summed E-state index contributed by atoms with van der Waals surface area (Å²) in [6.07, 6.45) is 3.66. The summed E-state index contributed by atoms with van der Waals surface area (Å²) >= 11 is 1.42. The summed E-state index contributed by atoms with van der Waals surface area (Å²) in [7, 11) is 1.98. The van der Waals surface area contributed by atoms with Crippen LogP contribution in [-0.4, -0.2) is 18.4 Å². The molecular formula is C8H9N3S. The molecule has 0 aliphatic carbocycles. The molecule has 1 aromatic heterocycles. The van der Waals surface area contributed by atoms with E-state index >= 15 is 0 Å². The Morgan fingerprint density at radius 1 is 1.50 bits per heavy atom. The van der Waals surface area contributed by atoms with Crippen molar-refractivity contribution in [3.63, 3.8) is 0 Å². The highest BCUT2D eigenvalue weighted by molar-refractivity contribution is 7.98. The number of anilines is 1. The van der Waals surface area contributed by atoms with E-state index in [0.29, 0.717) is 0 Å². The molecule has 0 saturated heterocycles. The van der Waals surface area contributed by atoms with Crippen LogP contribution in [0, 0.1) is 6.92 Å². The van der Waals surface area contributed by atoms with Crippen LogP contribution in [0.25, 0.3) is 0 Å². The van der Waals surface area contributed by atoms with Crippen LogP contribution in [0.3, 0.4) is 0 Å². The van der Waals surface area contributed by atoms with Gasteiger partial charge in [-0.25, -0.2) is 4.98 Å². The normalized spacial score (nSPS) is 14.7. The molecule has 0 fully saturated rings. The summed E-state index contributed by atoms with van der Waals surface area (Å²) in [5.41, 5.74) is 2.31. The van der Waals surface area contributed by atoms with Gasteiger partial charge in [-0.3, -0.25) is 0 Å². The minimum absolute atomic E-state index is 0.977. The maximum atomic E-state index is 4.28. The lowest BCUT2D eigenvalue weighted by Gasteiger charge is -2.19. The van der Waals surface area contributed by atoms with Gasteiger partial charge in [0.15, 0.2) is 0 Å². The molecule has 2 heterocycles. The molecule has 0 N–H and O–H groups in total. The highest BCUT2D eigenvalue weighted by Gasteiger charge is 2.11. The first-order valence-corrected chi connectivity index (χ1v) is 4.45. The summed E-state index contributed by atoms with van der Waals surface area (Å²) in [5, 5.41) is 0.977. The van der Waals surface area contributed by atoms with Gasteiger partial charge < -0.3 is 4.90 Å². The van der Waals surface area contributed by atoms with Crippen molar-refractivity contribution in [2.24, 2.45) is 4.40 Å². The van der Waals surface area contributed by atoms with Crippen LogP contribution in [0.15, 0.2) is 21.7 Å². The molecule has 62 valence electrons. The second-order valence-electron chi connectivity index (χ2n) is 2.76. The molecule has 0 amide bonds. The first kappa shape index (κ1) is 7.61. The van der Waals surface area contributed by atoms with Crippen LogP contribution < -0.4 is 4.90 Å². The van der Waals surface area contributed by atoms with E-state index in [4.69, 9.17) is 0 Å². The number of hydrogen-bond donors (Lipinski definition) is 0. The van der Waals surface area contributed by atoms with Gasteiger partial charge >= 0.3 is 0 Å². The standard InChI is InChI=1S/C8H9N3S/c1-6-3-7-8(9-4-6)12-10-5-11(7)2/h3-5H,1-2H3. The molecule has 0 bridgehead atoms. The zero-order valence-corrected chi connectivity index (χ0v) is 7.80. The lowest BCUT2D eigenvalue weighted by atomic mass is 10.3. The number of nitrogens with zero attached hydrogens (tertiary/aromatic N) is 3. The minimum Gasteiger partial charge on any atom is -0.333 e. The average Bonchev–Trinajstić information content (AvgIpc) is 2.07. The third-order valence-corrected chi connectivity index (χ3v) is 2.40. The molecule has 1 aliphatic rings. The van der Waals surface area contributed by atoms with E-state index in [1.54, 1.807) is 6.34 Å². The molecule has 1 aromatic rings. The first-order valence-electron chi connectivity index (χ1n) is 3.67. The van der Waals surface area contributed by atoms with E-state index in [0.717, 1.165) is 10.7 Å². The lowest BCUT2D eigenvalue weighted by molar-refractivity contribution is 1.06. The van der Waals surface area contributed by atoms with Crippen LogP contribution in [0.1, 0.15) is 5.56 Å². The van der Waals surface area contributed by atoms with Crippen molar-refractivity contribution in [1.82, 2.24) is 4.98 Å². The van der Waals surface area contributed by atoms with Gasteiger partial charge in [-0.05, 0) is 18.6 Å². The number of pyridine rings is 1. The molecule has 0 atom stereocenters. The van der Waals surface area contributed by atoms with Gasteiger partial charge in [0.1, 0.15) is 11.4 Å². The predicted octanol–water partition coefficient (Wildman–Crippen LogP) is 1.88. The van der Waals surface area contributed by atoms with E-state index in [1.807, 2.05) is 25.1 Å². The molecule has 2 rings (SSSR count). The van der Waals surface area contributed by atoms with Crippen molar-refractivity contribution >= 4 is 24.0 Å². The van der Waals surface area contributed by atoms with Crippen LogP contribution in [0.5, 0.6) is 0 Å². The van der Waals surface area contributed by atoms with Crippen molar-refractivity contribution in [2.45, 2.75) is 11.9 Å². The van der Waals surface area contributed by atoms with Gasteiger partial charge in [0, 0.05) is 25.2 Å². The second kappa shape index (κ2) is 2.79. The molecule has 0 radical (unpaired) electrons. The number of fused-ring (bicyclic) bond motifs is 1. The van der Waals surface area contributed by atoms with Gasteiger partial charge in [0.05, 0.1) is 5.69 Å². The molecule has 0 saturated carbocycles. The average molecular weight is 179 g/mol. The number of hydrogen-bond acceptors (Lipinski definition) is 4. The van der Waals surface area contributed by atoms with Crippen molar-refractivity contribution in [3.05, 3.63) is 17.8 Å². The van der Waals surface area contributed by atoms with Crippen molar-refractivity contribution < 1.29 is 0 Å². The quantitative estimate of drug-likeness (QED) is 0.569. The Balaban J connectivity index is 2.52. The monoisotopic (exact) mass is 179 g/mol. The molecule has 12 heavy (non-hydrogen) atoms. The Kier molecular flexibility index (Phi) is 1.77. The summed E-state index contributed by atoms with van der Waals surface area (Å²) in [5.74, 6) is 0. The van der Waals surface area contributed by atoms with Gasteiger partial charge in [0.25, 0.3) is 0 Å². The third-order valence-electron chi connectivity index (χ3n) is 1.71. The zero-order valence-electron chi connectivity index (χ0n) is 6.98. The summed E-state index contributed by atoms with van der Waals surface area (Å²) in [6.45, 7) is 2.04. The fourth-order valence-electron chi connectivity index (χ4n) is 1.07. The van der Waals surface area contributed by atoms with Gasteiger partial charge in [-0.15, -0.1) is 0 Å². The van der Waals surface area contributed by atoms with Crippen molar-refractivity contribution in [3.8, 4) is 0 Å². The van der Waals surface area contributed by atoms with E-state index in [9.17, 15) is 0 Å². The summed E-state index contributed by atoms with van der Waals surface area (Å²) in [4.78, 5) is 6.25. The summed E-state index contributed by atoms with van der Waals surface area (Å²) < 4.78 is 4.08. The number of aromatic nitrogens is 1. The Labute approximate surface area is 75.7 Å². The first-order chi connectivity index (χ1) is 5.77. The van der Waals surface area contributed by atoms with Gasteiger partial charge in [0.2, 0.25) is 0 Å². The number of rotatable bonds is 0. The third kappa shape index (κ3) is 1.18. The van der Waals surface area contributed by atoms with E-state index in [-0.39, 0.29) is 0 Å². The van der Waals surface area contributed by atoms with Gasteiger partial charge in [-0.1, -0.05) is 0 Å². The van der Waals surface area contributed by atoms with Crippen LogP contribution >= 0.6 is 11.9 Å². The topological polar surface area (TPSA) is 28.5 Å². The largest absolute Gasteiger partial charge is 0.333 e. The summed E-state index contributed by atoms with van der Waals surface area (Å²) in [6, 6.07) is 2.11. The van der Waals surface area contributed by atoms with Crippen molar-refractivity contribution in [2.75, 3.05) is 11.9 Å². The highest BCUT2D eigenvalue weighted by atomic mass is 32.2. The molecule has 1 aliphatic heterocycles. The van der Waals surface area contributed by atoms with Crippen LogP contribution in [0.2, 0.25) is 0 Å². The molecule has 4 heteroatoms.